The summed E-state index contributed by atoms with van der Waals surface area (Å²) < 4.78 is 0. The largest absolute Gasteiger partial charge is 0.355 e. The summed E-state index contributed by atoms with van der Waals surface area (Å²) in [6, 6.07) is 0.476. The predicted molar refractivity (Wildman–Crippen MR) is 53.5 cm³/mol. The molecule has 1 aliphatic rings. The van der Waals surface area contributed by atoms with Gasteiger partial charge in [-0.05, 0) is 25.3 Å². The van der Waals surface area contributed by atoms with E-state index in [0.717, 1.165) is 13.1 Å². The molecule has 1 heterocycles. The van der Waals surface area contributed by atoms with Gasteiger partial charge in [0, 0.05) is 19.0 Å². The topological polar surface area (TPSA) is 41.1 Å². The van der Waals surface area contributed by atoms with Crippen molar-refractivity contribution in [3.8, 4) is 0 Å². The number of piperidine rings is 1. The van der Waals surface area contributed by atoms with Gasteiger partial charge < -0.3 is 10.6 Å². The fraction of sp³-hybridized carbons (Fsp3) is 0.900. The number of hydrogen-bond donors (Lipinski definition) is 2. The molecule has 1 rings (SSSR count). The zero-order chi connectivity index (χ0) is 9.68. The summed E-state index contributed by atoms with van der Waals surface area (Å²) >= 11 is 0. The molecule has 3 heteroatoms. The minimum Gasteiger partial charge on any atom is -0.355 e. The smallest absolute Gasteiger partial charge is 0.219 e. The molecule has 1 saturated heterocycles. The maximum atomic E-state index is 11.0. The van der Waals surface area contributed by atoms with Gasteiger partial charge in [-0.3, -0.25) is 4.79 Å². The van der Waals surface area contributed by atoms with Crippen molar-refractivity contribution in [2.45, 2.75) is 39.2 Å². The molecule has 1 aliphatic heterocycles. The molecule has 0 aliphatic carbocycles. The van der Waals surface area contributed by atoms with Crippen molar-refractivity contribution in [2.75, 3.05) is 13.1 Å². The zero-order valence-corrected chi connectivity index (χ0v) is 8.60. The first-order chi connectivity index (χ1) is 6.24. The van der Waals surface area contributed by atoms with Crippen molar-refractivity contribution in [3.63, 3.8) is 0 Å². The third kappa shape index (κ3) is 3.35. The van der Waals surface area contributed by atoms with E-state index < -0.39 is 0 Å². The van der Waals surface area contributed by atoms with Crippen LogP contribution in [0.1, 0.15) is 33.1 Å². The average Bonchev–Trinajstić information content (AvgIpc) is 2.16. The second-order valence-corrected chi connectivity index (χ2v) is 3.84. The highest BCUT2D eigenvalue weighted by molar-refractivity contribution is 5.75. The minimum absolute atomic E-state index is 0.152. The first kappa shape index (κ1) is 10.5. The van der Waals surface area contributed by atoms with Crippen LogP contribution in [0.25, 0.3) is 0 Å². The second kappa shape index (κ2) is 5.22. The monoisotopic (exact) mass is 184 g/mol. The SMILES string of the molecule is CCC(=O)NCC1NCCCC1C. The normalized spacial score (nSPS) is 28.5. The van der Waals surface area contributed by atoms with Crippen molar-refractivity contribution in [1.29, 1.82) is 0 Å². The van der Waals surface area contributed by atoms with Crippen molar-refractivity contribution in [3.05, 3.63) is 0 Å². The summed E-state index contributed by atoms with van der Waals surface area (Å²) in [5.41, 5.74) is 0. The van der Waals surface area contributed by atoms with Crippen LogP contribution in [0.4, 0.5) is 0 Å². The van der Waals surface area contributed by atoms with Crippen LogP contribution in [0.3, 0.4) is 0 Å². The Morgan fingerprint density at radius 1 is 1.62 bits per heavy atom. The van der Waals surface area contributed by atoms with Gasteiger partial charge in [-0.2, -0.15) is 0 Å². The quantitative estimate of drug-likeness (QED) is 0.684. The molecule has 13 heavy (non-hydrogen) atoms. The molecule has 0 bridgehead atoms. The lowest BCUT2D eigenvalue weighted by molar-refractivity contribution is -0.120. The third-order valence-electron chi connectivity index (χ3n) is 2.77. The van der Waals surface area contributed by atoms with Crippen LogP contribution < -0.4 is 10.6 Å². The summed E-state index contributed by atoms with van der Waals surface area (Å²) in [5.74, 6) is 0.838. The first-order valence-corrected chi connectivity index (χ1v) is 5.24. The van der Waals surface area contributed by atoms with Gasteiger partial charge in [-0.1, -0.05) is 13.8 Å². The summed E-state index contributed by atoms with van der Waals surface area (Å²) in [6.07, 6.45) is 3.13. The van der Waals surface area contributed by atoms with Crippen molar-refractivity contribution in [1.82, 2.24) is 10.6 Å². The van der Waals surface area contributed by atoms with E-state index >= 15 is 0 Å². The number of amides is 1. The summed E-state index contributed by atoms with van der Waals surface area (Å²) in [4.78, 5) is 11.0. The molecule has 3 nitrogen and oxygen atoms in total. The molecule has 2 atom stereocenters. The fourth-order valence-corrected chi connectivity index (χ4v) is 1.74. The molecule has 0 aromatic rings. The predicted octanol–water partition coefficient (Wildman–Crippen LogP) is 0.901. The second-order valence-electron chi connectivity index (χ2n) is 3.84. The van der Waals surface area contributed by atoms with Crippen molar-refractivity contribution >= 4 is 5.91 Å². The molecular weight excluding hydrogens is 164 g/mol. The standard InChI is InChI=1S/C10H20N2O/c1-3-10(13)12-7-9-8(2)5-4-6-11-9/h8-9,11H,3-7H2,1-2H3,(H,12,13). The molecule has 0 aromatic carbocycles. The van der Waals surface area contributed by atoms with Gasteiger partial charge in [0.25, 0.3) is 0 Å². The molecule has 0 spiro atoms. The summed E-state index contributed by atoms with van der Waals surface area (Å²) in [6.45, 7) is 6.01. The van der Waals surface area contributed by atoms with Crippen LogP contribution >= 0.6 is 0 Å². The van der Waals surface area contributed by atoms with Gasteiger partial charge in [0.05, 0.1) is 0 Å². The molecule has 1 fully saturated rings. The molecule has 0 radical (unpaired) electrons. The lowest BCUT2D eigenvalue weighted by atomic mass is 9.93. The molecule has 1 amide bonds. The molecule has 2 unspecified atom stereocenters. The number of hydrogen-bond acceptors (Lipinski definition) is 2. The summed E-state index contributed by atoms with van der Waals surface area (Å²) in [5, 5.41) is 6.36. The van der Waals surface area contributed by atoms with Crippen LogP contribution in [0.5, 0.6) is 0 Å². The Morgan fingerprint density at radius 2 is 2.38 bits per heavy atom. The van der Waals surface area contributed by atoms with Gasteiger partial charge in [0.1, 0.15) is 0 Å². The molecule has 0 aromatic heterocycles. The highest BCUT2D eigenvalue weighted by atomic mass is 16.1. The van der Waals surface area contributed by atoms with Gasteiger partial charge in [0.2, 0.25) is 5.91 Å². The number of carbonyl (C=O) groups is 1. The first-order valence-electron chi connectivity index (χ1n) is 5.24. The van der Waals surface area contributed by atoms with Crippen LogP contribution in [-0.4, -0.2) is 25.0 Å². The van der Waals surface area contributed by atoms with Gasteiger partial charge in [-0.25, -0.2) is 0 Å². The van der Waals surface area contributed by atoms with Crippen LogP contribution in [0.2, 0.25) is 0 Å². The summed E-state index contributed by atoms with van der Waals surface area (Å²) in [7, 11) is 0. The molecule has 76 valence electrons. The Bertz CT molecular complexity index is 170. The van der Waals surface area contributed by atoms with Crippen LogP contribution in [0, 0.1) is 5.92 Å². The Labute approximate surface area is 80.3 Å². The van der Waals surface area contributed by atoms with E-state index in [1.165, 1.54) is 12.8 Å². The molecular formula is C10H20N2O. The number of rotatable bonds is 3. The van der Waals surface area contributed by atoms with E-state index in [9.17, 15) is 4.79 Å². The van der Waals surface area contributed by atoms with E-state index in [2.05, 4.69) is 17.6 Å². The van der Waals surface area contributed by atoms with E-state index in [0.29, 0.717) is 18.4 Å². The van der Waals surface area contributed by atoms with Gasteiger partial charge in [-0.15, -0.1) is 0 Å². The van der Waals surface area contributed by atoms with E-state index in [1.807, 2.05) is 6.92 Å². The van der Waals surface area contributed by atoms with E-state index in [-0.39, 0.29) is 5.91 Å². The Morgan fingerprint density at radius 3 is 3.00 bits per heavy atom. The lowest BCUT2D eigenvalue weighted by Crippen LogP contribution is -2.47. The Kier molecular flexibility index (Phi) is 4.22. The Balaban J connectivity index is 2.22. The fourth-order valence-electron chi connectivity index (χ4n) is 1.74. The lowest BCUT2D eigenvalue weighted by Gasteiger charge is -2.30. The Hall–Kier alpha value is -0.570. The highest BCUT2D eigenvalue weighted by Gasteiger charge is 2.20. The highest BCUT2D eigenvalue weighted by Crippen LogP contribution is 2.14. The van der Waals surface area contributed by atoms with E-state index in [4.69, 9.17) is 0 Å². The maximum Gasteiger partial charge on any atom is 0.219 e. The van der Waals surface area contributed by atoms with Gasteiger partial charge >= 0.3 is 0 Å². The van der Waals surface area contributed by atoms with Crippen LogP contribution in [-0.2, 0) is 4.79 Å². The van der Waals surface area contributed by atoms with E-state index in [1.54, 1.807) is 0 Å². The number of carbonyl (C=O) groups excluding carboxylic acids is 1. The minimum atomic E-state index is 0.152. The third-order valence-corrected chi connectivity index (χ3v) is 2.77. The van der Waals surface area contributed by atoms with Crippen molar-refractivity contribution in [2.24, 2.45) is 5.92 Å². The van der Waals surface area contributed by atoms with Crippen molar-refractivity contribution < 1.29 is 4.79 Å². The average molecular weight is 184 g/mol. The molecule has 0 saturated carbocycles. The van der Waals surface area contributed by atoms with Gasteiger partial charge in [0.15, 0.2) is 0 Å². The van der Waals surface area contributed by atoms with Crippen LogP contribution in [0.15, 0.2) is 0 Å². The number of nitrogens with one attached hydrogen (secondary N) is 2. The zero-order valence-electron chi connectivity index (χ0n) is 8.60. The maximum absolute atomic E-state index is 11.0. The molecule has 2 N–H and O–H groups in total.